The summed E-state index contributed by atoms with van der Waals surface area (Å²) in [6, 6.07) is 22.9. The van der Waals surface area contributed by atoms with Crippen molar-refractivity contribution in [3.05, 3.63) is 113 Å². The van der Waals surface area contributed by atoms with E-state index in [1.807, 2.05) is 29.9 Å². The second-order valence-electron chi connectivity index (χ2n) is 8.09. The molecule has 0 aliphatic rings. The quantitative estimate of drug-likeness (QED) is 0.193. The van der Waals surface area contributed by atoms with Crippen LogP contribution in [0.3, 0.4) is 0 Å². The highest BCUT2D eigenvalue weighted by Crippen LogP contribution is 2.37. The number of carboxylic acid groups (broad SMARTS) is 1. The molecule has 5 rings (SSSR count). The standard InChI is InChI=1S/C29H23N3O2S/c1-2-25(21-4-3-5-23(16-21)29-30-14-15-35-29)28(22-11-12-26-24(17-22)18-31-32-26)20-9-6-19(7-10-20)8-13-27(33)34/h3-18H,2H2,1H3,(H,31,32)(H,33,34). The molecule has 0 unspecified atom stereocenters. The molecule has 5 nitrogen and oxygen atoms in total. The first-order chi connectivity index (χ1) is 17.1. The maximum Gasteiger partial charge on any atom is 0.328 e. The van der Waals surface area contributed by atoms with Gasteiger partial charge in [-0.1, -0.05) is 55.5 Å². The normalized spacial score (nSPS) is 12.3. The summed E-state index contributed by atoms with van der Waals surface area (Å²) in [5, 5.41) is 20.2. The molecular weight excluding hydrogens is 454 g/mol. The van der Waals surface area contributed by atoms with Gasteiger partial charge in [-0.2, -0.15) is 5.10 Å². The van der Waals surface area contributed by atoms with Gasteiger partial charge < -0.3 is 5.11 Å². The monoisotopic (exact) mass is 477 g/mol. The Kier molecular flexibility index (Phi) is 6.37. The third-order valence-corrected chi connectivity index (χ3v) is 6.71. The number of nitrogens with zero attached hydrogens (tertiary/aromatic N) is 2. The van der Waals surface area contributed by atoms with Gasteiger partial charge in [0.2, 0.25) is 0 Å². The van der Waals surface area contributed by atoms with Gasteiger partial charge in [0.15, 0.2) is 0 Å². The third kappa shape index (κ3) is 4.83. The first-order valence-corrected chi connectivity index (χ1v) is 12.2. The summed E-state index contributed by atoms with van der Waals surface area (Å²) in [5.74, 6) is -0.962. The molecule has 2 heterocycles. The van der Waals surface area contributed by atoms with Crippen molar-refractivity contribution in [3.8, 4) is 10.6 Å². The zero-order valence-corrected chi connectivity index (χ0v) is 19.9. The second-order valence-corrected chi connectivity index (χ2v) is 8.99. The van der Waals surface area contributed by atoms with Gasteiger partial charge in [0.25, 0.3) is 0 Å². The smallest absolute Gasteiger partial charge is 0.328 e. The highest BCUT2D eigenvalue weighted by molar-refractivity contribution is 7.13. The number of fused-ring (bicyclic) bond motifs is 1. The fourth-order valence-electron chi connectivity index (χ4n) is 4.27. The number of carboxylic acids is 1. The zero-order chi connectivity index (χ0) is 24.2. The molecule has 0 amide bonds. The van der Waals surface area contributed by atoms with Crippen molar-refractivity contribution < 1.29 is 9.90 Å². The summed E-state index contributed by atoms with van der Waals surface area (Å²) >= 11 is 1.63. The molecule has 2 aromatic heterocycles. The molecule has 0 saturated carbocycles. The molecule has 0 saturated heterocycles. The predicted octanol–water partition coefficient (Wildman–Crippen LogP) is 7.15. The number of hydrogen-bond donors (Lipinski definition) is 2. The Balaban J connectivity index is 1.69. The van der Waals surface area contributed by atoms with E-state index < -0.39 is 5.97 Å². The van der Waals surface area contributed by atoms with E-state index in [0.29, 0.717) is 0 Å². The molecule has 35 heavy (non-hydrogen) atoms. The lowest BCUT2D eigenvalue weighted by atomic mass is 9.87. The van der Waals surface area contributed by atoms with Crippen LogP contribution in [0.2, 0.25) is 0 Å². The van der Waals surface area contributed by atoms with Gasteiger partial charge in [0, 0.05) is 28.6 Å². The molecule has 172 valence electrons. The van der Waals surface area contributed by atoms with E-state index in [1.165, 1.54) is 5.57 Å². The number of hydrogen-bond acceptors (Lipinski definition) is 4. The van der Waals surface area contributed by atoms with E-state index in [1.54, 1.807) is 17.4 Å². The largest absolute Gasteiger partial charge is 0.478 e. The molecule has 3 aromatic carbocycles. The molecule has 5 aromatic rings. The number of thiazole rings is 1. The van der Waals surface area contributed by atoms with Crippen molar-refractivity contribution in [1.29, 1.82) is 0 Å². The number of nitrogens with one attached hydrogen (secondary N) is 1. The van der Waals surface area contributed by atoms with E-state index in [4.69, 9.17) is 5.11 Å². The van der Waals surface area contributed by atoms with Crippen LogP contribution >= 0.6 is 11.3 Å². The zero-order valence-electron chi connectivity index (χ0n) is 19.1. The average molecular weight is 478 g/mol. The van der Waals surface area contributed by atoms with Crippen molar-refractivity contribution in [2.75, 3.05) is 0 Å². The van der Waals surface area contributed by atoms with Gasteiger partial charge in [-0.25, -0.2) is 9.78 Å². The number of H-pyrrole nitrogens is 1. The van der Waals surface area contributed by atoms with E-state index in [2.05, 4.69) is 76.7 Å². The fourth-order valence-corrected chi connectivity index (χ4v) is 4.91. The molecule has 0 aliphatic heterocycles. The van der Waals surface area contributed by atoms with E-state index >= 15 is 0 Å². The van der Waals surface area contributed by atoms with Gasteiger partial charge in [-0.15, -0.1) is 11.3 Å². The van der Waals surface area contributed by atoms with Crippen molar-refractivity contribution in [3.63, 3.8) is 0 Å². The van der Waals surface area contributed by atoms with Crippen LogP contribution < -0.4 is 0 Å². The lowest BCUT2D eigenvalue weighted by Crippen LogP contribution is -1.96. The summed E-state index contributed by atoms with van der Waals surface area (Å²) in [6.45, 7) is 2.17. The molecule has 0 radical (unpaired) electrons. The van der Waals surface area contributed by atoms with Gasteiger partial charge in [-0.3, -0.25) is 5.10 Å². The van der Waals surface area contributed by atoms with Crippen LogP contribution in [0.15, 0.2) is 90.6 Å². The van der Waals surface area contributed by atoms with Crippen LogP contribution in [0, 0.1) is 0 Å². The summed E-state index contributed by atoms with van der Waals surface area (Å²) in [4.78, 5) is 15.4. The summed E-state index contributed by atoms with van der Waals surface area (Å²) in [7, 11) is 0. The lowest BCUT2D eigenvalue weighted by molar-refractivity contribution is -0.131. The first-order valence-electron chi connectivity index (χ1n) is 11.3. The minimum Gasteiger partial charge on any atom is -0.478 e. The maximum atomic E-state index is 10.9. The Hall–Kier alpha value is -4.29. The molecular formula is C29H23N3O2S. The SMILES string of the molecule is CCC(=C(c1ccc(C=CC(=O)O)cc1)c1ccc2[nH]ncc2c1)c1cccc(-c2nccs2)c1. The predicted molar refractivity (Wildman–Crippen MR) is 143 cm³/mol. The maximum absolute atomic E-state index is 10.9. The molecule has 0 spiro atoms. The van der Waals surface area contributed by atoms with Crippen LogP contribution in [-0.4, -0.2) is 26.3 Å². The summed E-state index contributed by atoms with van der Waals surface area (Å²) in [6.07, 6.45) is 7.26. The van der Waals surface area contributed by atoms with Crippen LogP contribution in [0.4, 0.5) is 0 Å². The van der Waals surface area contributed by atoms with Crippen LogP contribution in [0.1, 0.15) is 35.6 Å². The molecule has 2 N–H and O–H groups in total. The Morgan fingerprint density at radius 2 is 1.86 bits per heavy atom. The van der Waals surface area contributed by atoms with Gasteiger partial charge in [-0.05, 0) is 64.1 Å². The number of carbonyl (C=O) groups is 1. The molecule has 0 aliphatic carbocycles. The molecule has 6 heteroatoms. The Bertz CT molecular complexity index is 1540. The topological polar surface area (TPSA) is 78.9 Å². The van der Waals surface area contributed by atoms with Crippen molar-refractivity contribution in [2.45, 2.75) is 13.3 Å². The van der Waals surface area contributed by atoms with E-state index in [-0.39, 0.29) is 0 Å². The second kappa shape index (κ2) is 9.91. The van der Waals surface area contributed by atoms with Crippen molar-refractivity contribution in [2.24, 2.45) is 0 Å². The first kappa shape index (κ1) is 22.5. The highest BCUT2D eigenvalue weighted by Gasteiger charge is 2.15. The van der Waals surface area contributed by atoms with E-state index in [9.17, 15) is 4.79 Å². The molecule has 0 atom stereocenters. The van der Waals surface area contributed by atoms with Crippen LogP contribution in [0.25, 0.3) is 38.7 Å². The molecule has 0 fully saturated rings. The number of aliphatic carboxylic acids is 1. The average Bonchev–Trinajstić information content (AvgIpc) is 3.58. The number of benzene rings is 3. The van der Waals surface area contributed by atoms with Crippen molar-refractivity contribution >= 4 is 45.4 Å². The van der Waals surface area contributed by atoms with E-state index in [0.717, 1.165) is 61.8 Å². The number of aromatic nitrogens is 3. The number of aromatic amines is 1. The van der Waals surface area contributed by atoms with Gasteiger partial charge in [0.1, 0.15) is 5.01 Å². The molecule has 0 bridgehead atoms. The van der Waals surface area contributed by atoms with Crippen LogP contribution in [0.5, 0.6) is 0 Å². The fraction of sp³-hybridized carbons (Fsp3) is 0.0690. The summed E-state index contributed by atoms with van der Waals surface area (Å²) in [5.41, 5.74) is 8.61. The van der Waals surface area contributed by atoms with Gasteiger partial charge >= 0.3 is 5.97 Å². The summed E-state index contributed by atoms with van der Waals surface area (Å²) < 4.78 is 0. The minimum atomic E-state index is -0.962. The third-order valence-electron chi connectivity index (χ3n) is 5.89. The lowest BCUT2D eigenvalue weighted by Gasteiger charge is -2.17. The number of rotatable bonds is 7. The highest BCUT2D eigenvalue weighted by atomic mass is 32.1. The van der Waals surface area contributed by atoms with Crippen molar-refractivity contribution in [1.82, 2.24) is 15.2 Å². The number of allylic oxidation sites excluding steroid dienone is 1. The van der Waals surface area contributed by atoms with Crippen LogP contribution in [-0.2, 0) is 4.79 Å². The van der Waals surface area contributed by atoms with Gasteiger partial charge in [0.05, 0.1) is 11.7 Å². The Morgan fingerprint density at radius 3 is 2.60 bits per heavy atom. The Morgan fingerprint density at radius 1 is 1.03 bits per heavy atom. The Labute approximate surface area is 207 Å². The minimum absolute atomic E-state index is 0.834.